The SMILES string of the molecule is O=C1C(NS(=O)(=O)c2ccccc2)=CC(=NS(=O)(=O)c2ccc3ccccc3c2)c2ccccc21. The van der Waals surface area contributed by atoms with Crippen LogP contribution in [-0.2, 0) is 20.0 Å². The Hall–Kier alpha value is -4.08. The van der Waals surface area contributed by atoms with Crippen LogP contribution < -0.4 is 4.72 Å². The largest absolute Gasteiger partial charge is 0.287 e. The number of benzene rings is 4. The molecule has 0 bridgehead atoms. The van der Waals surface area contributed by atoms with Gasteiger partial charge >= 0.3 is 0 Å². The van der Waals surface area contributed by atoms with Gasteiger partial charge in [0.15, 0.2) is 0 Å². The van der Waals surface area contributed by atoms with Gasteiger partial charge in [-0.25, -0.2) is 8.42 Å². The van der Waals surface area contributed by atoms with Crippen molar-refractivity contribution >= 4 is 42.3 Å². The Morgan fingerprint density at radius 1 is 0.629 bits per heavy atom. The highest BCUT2D eigenvalue weighted by Crippen LogP contribution is 2.25. The number of Topliss-reactive ketones (excluding diaryl/α,β-unsaturated/α-hetero) is 1. The van der Waals surface area contributed by atoms with Gasteiger partial charge in [0.1, 0.15) is 0 Å². The molecule has 0 heterocycles. The Kier molecular flexibility index (Phi) is 5.58. The predicted octanol–water partition coefficient (Wildman–Crippen LogP) is 4.08. The number of ketones is 1. The minimum absolute atomic E-state index is 0.0158. The number of hydrogen-bond donors (Lipinski definition) is 1. The third-order valence-corrected chi connectivity index (χ3v) is 8.18. The van der Waals surface area contributed by atoms with Gasteiger partial charge in [0.05, 0.1) is 21.2 Å². The third-order valence-electron chi connectivity index (χ3n) is 5.51. The standard InChI is InChI=1S/C26H18N2O5S2/c29-26-23-13-7-6-12-22(23)24(17-25(26)28-34(30,31)20-10-2-1-3-11-20)27-35(32,33)21-15-14-18-8-4-5-9-19(18)16-21/h1-17,28H. The summed E-state index contributed by atoms with van der Waals surface area (Å²) in [6, 6.07) is 25.9. The maximum Gasteiger partial charge on any atom is 0.282 e. The first-order valence-electron chi connectivity index (χ1n) is 10.5. The van der Waals surface area contributed by atoms with E-state index in [-0.39, 0.29) is 26.8 Å². The van der Waals surface area contributed by atoms with E-state index >= 15 is 0 Å². The van der Waals surface area contributed by atoms with Gasteiger partial charge in [-0.1, -0.05) is 72.8 Å². The third kappa shape index (κ3) is 4.39. The highest BCUT2D eigenvalue weighted by atomic mass is 32.2. The van der Waals surface area contributed by atoms with Crippen LogP contribution in [-0.4, -0.2) is 28.3 Å². The lowest BCUT2D eigenvalue weighted by Gasteiger charge is -2.18. The molecule has 35 heavy (non-hydrogen) atoms. The van der Waals surface area contributed by atoms with Crippen molar-refractivity contribution in [3.05, 3.63) is 120 Å². The molecule has 0 saturated heterocycles. The average molecular weight is 503 g/mol. The summed E-state index contributed by atoms with van der Waals surface area (Å²) in [6.45, 7) is 0. The second kappa shape index (κ2) is 8.61. The van der Waals surface area contributed by atoms with E-state index in [4.69, 9.17) is 0 Å². The summed E-state index contributed by atoms with van der Waals surface area (Å²) < 4.78 is 58.4. The first-order chi connectivity index (χ1) is 16.7. The fourth-order valence-electron chi connectivity index (χ4n) is 3.79. The average Bonchev–Trinajstić information content (AvgIpc) is 2.87. The second-order valence-electron chi connectivity index (χ2n) is 7.81. The van der Waals surface area contributed by atoms with E-state index < -0.39 is 25.8 Å². The predicted molar refractivity (Wildman–Crippen MR) is 133 cm³/mol. The molecule has 1 aliphatic rings. The van der Waals surface area contributed by atoms with Gasteiger partial charge in [-0.2, -0.15) is 12.8 Å². The van der Waals surface area contributed by atoms with Crippen LogP contribution in [0.4, 0.5) is 0 Å². The molecule has 4 aromatic rings. The van der Waals surface area contributed by atoms with E-state index in [1.54, 1.807) is 48.5 Å². The highest BCUT2D eigenvalue weighted by molar-refractivity contribution is 7.90. The number of hydrogen-bond acceptors (Lipinski definition) is 5. The van der Waals surface area contributed by atoms with Gasteiger partial charge in [0.25, 0.3) is 20.0 Å². The summed E-state index contributed by atoms with van der Waals surface area (Å²) in [5, 5.41) is 1.62. The van der Waals surface area contributed by atoms with Crippen molar-refractivity contribution in [2.24, 2.45) is 4.40 Å². The van der Waals surface area contributed by atoms with Crippen LogP contribution in [0.25, 0.3) is 10.8 Å². The number of carbonyl (C=O) groups excluding carboxylic acids is 1. The van der Waals surface area contributed by atoms with Crippen molar-refractivity contribution in [3.63, 3.8) is 0 Å². The van der Waals surface area contributed by atoms with E-state index in [2.05, 4.69) is 9.12 Å². The monoisotopic (exact) mass is 502 g/mol. The molecule has 0 fully saturated rings. The zero-order valence-electron chi connectivity index (χ0n) is 18.1. The molecule has 0 unspecified atom stereocenters. The smallest absolute Gasteiger partial charge is 0.282 e. The van der Waals surface area contributed by atoms with Crippen LogP contribution >= 0.6 is 0 Å². The maximum absolute atomic E-state index is 13.2. The molecule has 0 saturated carbocycles. The highest BCUT2D eigenvalue weighted by Gasteiger charge is 2.29. The van der Waals surface area contributed by atoms with Gasteiger partial charge in [-0.05, 0) is 41.1 Å². The molecule has 1 aliphatic carbocycles. The van der Waals surface area contributed by atoms with Crippen molar-refractivity contribution in [1.82, 2.24) is 4.72 Å². The molecule has 0 atom stereocenters. The fourth-order valence-corrected chi connectivity index (χ4v) is 5.90. The number of carbonyl (C=O) groups is 1. The lowest BCUT2D eigenvalue weighted by Crippen LogP contribution is -2.31. The van der Waals surface area contributed by atoms with Crippen molar-refractivity contribution in [1.29, 1.82) is 0 Å². The Balaban J connectivity index is 1.61. The van der Waals surface area contributed by atoms with Gasteiger partial charge < -0.3 is 0 Å². The van der Waals surface area contributed by atoms with Crippen molar-refractivity contribution in [3.8, 4) is 0 Å². The number of allylic oxidation sites excluding steroid dienone is 2. The molecule has 0 radical (unpaired) electrons. The maximum atomic E-state index is 13.2. The normalized spacial score (nSPS) is 15.0. The van der Waals surface area contributed by atoms with Crippen LogP contribution in [0.15, 0.2) is 123 Å². The molecule has 0 aromatic heterocycles. The Morgan fingerprint density at radius 3 is 2.00 bits per heavy atom. The zero-order valence-corrected chi connectivity index (χ0v) is 19.8. The quantitative estimate of drug-likeness (QED) is 0.442. The lowest BCUT2D eigenvalue weighted by molar-refractivity contribution is 0.102. The minimum atomic E-state index is -4.18. The summed E-state index contributed by atoms with van der Waals surface area (Å²) in [6.07, 6.45) is 1.16. The van der Waals surface area contributed by atoms with Crippen molar-refractivity contribution < 1.29 is 21.6 Å². The van der Waals surface area contributed by atoms with Gasteiger partial charge in [0, 0.05) is 11.1 Å². The van der Waals surface area contributed by atoms with Gasteiger partial charge in [-0.3, -0.25) is 9.52 Å². The van der Waals surface area contributed by atoms with E-state index in [1.807, 2.05) is 18.2 Å². The van der Waals surface area contributed by atoms with Crippen LogP contribution in [0.1, 0.15) is 15.9 Å². The molecule has 0 spiro atoms. The molecule has 9 heteroatoms. The Labute approximate surface area is 202 Å². The summed E-state index contributed by atoms with van der Waals surface area (Å²) in [5.74, 6) is -0.581. The molecule has 1 N–H and O–H groups in total. The lowest BCUT2D eigenvalue weighted by atomic mass is 9.93. The van der Waals surface area contributed by atoms with Crippen LogP contribution in [0.3, 0.4) is 0 Å². The van der Waals surface area contributed by atoms with Crippen LogP contribution in [0.5, 0.6) is 0 Å². The summed E-state index contributed by atoms with van der Waals surface area (Å²) in [5.41, 5.74) is 0.108. The van der Waals surface area contributed by atoms with Crippen LogP contribution in [0, 0.1) is 0 Å². The van der Waals surface area contributed by atoms with Crippen LogP contribution in [0.2, 0.25) is 0 Å². The molecule has 7 nitrogen and oxygen atoms in total. The minimum Gasteiger partial charge on any atom is -0.287 e. The number of rotatable bonds is 5. The van der Waals surface area contributed by atoms with E-state index in [0.717, 1.165) is 16.8 Å². The molecule has 174 valence electrons. The van der Waals surface area contributed by atoms with Crippen molar-refractivity contribution in [2.75, 3.05) is 0 Å². The molecule has 5 rings (SSSR count). The number of fused-ring (bicyclic) bond motifs is 2. The molecular formula is C26H18N2O5S2. The molecule has 4 aromatic carbocycles. The van der Waals surface area contributed by atoms with E-state index in [1.165, 1.54) is 30.3 Å². The molecular weight excluding hydrogens is 484 g/mol. The summed E-state index contributed by atoms with van der Waals surface area (Å²) in [4.78, 5) is 13.0. The topological polar surface area (TPSA) is 110 Å². The first-order valence-corrected chi connectivity index (χ1v) is 13.4. The Morgan fingerprint density at radius 2 is 1.26 bits per heavy atom. The zero-order chi connectivity index (χ0) is 24.6. The number of sulfonamides is 2. The van der Waals surface area contributed by atoms with E-state index in [0.29, 0.717) is 5.56 Å². The summed E-state index contributed by atoms with van der Waals surface area (Å²) >= 11 is 0. The number of nitrogens with zero attached hydrogens (tertiary/aromatic N) is 1. The Bertz CT molecular complexity index is 1760. The van der Waals surface area contributed by atoms with Gasteiger partial charge in [0.2, 0.25) is 5.78 Å². The van der Waals surface area contributed by atoms with Crippen molar-refractivity contribution in [2.45, 2.75) is 9.79 Å². The molecule has 0 amide bonds. The first kappa shape index (κ1) is 22.7. The summed E-state index contributed by atoms with van der Waals surface area (Å²) in [7, 11) is -8.26. The van der Waals surface area contributed by atoms with E-state index in [9.17, 15) is 21.6 Å². The fraction of sp³-hybridized carbons (Fsp3) is 0. The second-order valence-corrected chi connectivity index (χ2v) is 11.1. The molecule has 0 aliphatic heterocycles. The van der Waals surface area contributed by atoms with Gasteiger partial charge in [-0.15, -0.1) is 0 Å². The number of nitrogens with one attached hydrogen (secondary N) is 1.